The lowest BCUT2D eigenvalue weighted by molar-refractivity contribution is 0.481. The van der Waals surface area contributed by atoms with Gasteiger partial charge in [0, 0.05) is 5.02 Å². The van der Waals surface area contributed by atoms with Crippen molar-refractivity contribution in [1.82, 2.24) is 0 Å². The van der Waals surface area contributed by atoms with Crippen LogP contribution in [0.15, 0.2) is 36.4 Å². The summed E-state index contributed by atoms with van der Waals surface area (Å²) < 4.78 is 5.84. The van der Waals surface area contributed by atoms with E-state index < -0.39 is 0 Å². The molecular weight excluding hydrogens is 258 g/mol. The molecule has 0 unspecified atom stereocenters. The number of halogens is 1. The molecule has 2 nitrogen and oxygen atoms in total. The lowest BCUT2D eigenvalue weighted by Crippen LogP contribution is -2.02. The van der Waals surface area contributed by atoms with Crippen LogP contribution >= 0.6 is 11.6 Å². The standard InChI is InChI=1S/C16H18ClNO/c1-11-9-15(10-12(2)16(11)17)19-14-5-3-13(4-6-14)7-8-18/h3-6,9-10H,7-8,18H2,1-2H3. The average molecular weight is 276 g/mol. The van der Waals surface area contributed by atoms with E-state index in [1.54, 1.807) is 0 Å². The van der Waals surface area contributed by atoms with E-state index in [-0.39, 0.29) is 0 Å². The minimum absolute atomic E-state index is 0.662. The summed E-state index contributed by atoms with van der Waals surface area (Å²) in [6.07, 6.45) is 0.888. The highest BCUT2D eigenvalue weighted by Gasteiger charge is 2.04. The predicted molar refractivity (Wildman–Crippen MR) is 80.2 cm³/mol. The maximum absolute atomic E-state index is 6.14. The van der Waals surface area contributed by atoms with Crippen LogP contribution in [-0.2, 0) is 6.42 Å². The van der Waals surface area contributed by atoms with Gasteiger partial charge in [-0.3, -0.25) is 0 Å². The van der Waals surface area contributed by atoms with Crippen LogP contribution in [0.4, 0.5) is 0 Å². The third kappa shape index (κ3) is 3.49. The summed E-state index contributed by atoms with van der Waals surface area (Å²) in [4.78, 5) is 0. The number of benzene rings is 2. The van der Waals surface area contributed by atoms with Crippen LogP contribution in [0.5, 0.6) is 11.5 Å². The first-order valence-electron chi connectivity index (χ1n) is 6.34. The Kier molecular flexibility index (Phi) is 4.46. The summed E-state index contributed by atoms with van der Waals surface area (Å²) in [5.74, 6) is 1.63. The first kappa shape index (κ1) is 13.9. The van der Waals surface area contributed by atoms with Crippen LogP contribution in [0.1, 0.15) is 16.7 Å². The third-order valence-electron chi connectivity index (χ3n) is 3.00. The van der Waals surface area contributed by atoms with Crippen molar-refractivity contribution < 1.29 is 4.74 Å². The van der Waals surface area contributed by atoms with Gasteiger partial charge in [0.25, 0.3) is 0 Å². The van der Waals surface area contributed by atoms with E-state index in [0.717, 1.165) is 34.1 Å². The van der Waals surface area contributed by atoms with Crippen LogP contribution in [0.2, 0.25) is 5.02 Å². The van der Waals surface area contributed by atoms with E-state index in [1.165, 1.54) is 5.56 Å². The van der Waals surface area contributed by atoms with Crippen LogP contribution < -0.4 is 10.5 Å². The lowest BCUT2D eigenvalue weighted by atomic mass is 10.1. The second-order valence-electron chi connectivity index (χ2n) is 4.66. The van der Waals surface area contributed by atoms with Crippen molar-refractivity contribution in [2.75, 3.05) is 6.54 Å². The normalized spacial score (nSPS) is 10.5. The van der Waals surface area contributed by atoms with Gasteiger partial charge in [-0.1, -0.05) is 23.7 Å². The molecule has 0 radical (unpaired) electrons. The minimum atomic E-state index is 0.662. The van der Waals surface area contributed by atoms with Gasteiger partial charge in [-0.15, -0.1) is 0 Å². The molecule has 19 heavy (non-hydrogen) atoms. The second kappa shape index (κ2) is 6.09. The number of hydrogen-bond acceptors (Lipinski definition) is 2. The van der Waals surface area contributed by atoms with Gasteiger partial charge in [-0.05, 0) is 67.8 Å². The Morgan fingerprint density at radius 2 is 1.58 bits per heavy atom. The van der Waals surface area contributed by atoms with Crippen LogP contribution in [0.3, 0.4) is 0 Å². The molecule has 0 spiro atoms. The fourth-order valence-corrected chi connectivity index (χ4v) is 2.10. The van der Waals surface area contributed by atoms with Gasteiger partial charge >= 0.3 is 0 Å². The largest absolute Gasteiger partial charge is 0.457 e. The molecule has 0 aliphatic carbocycles. The first-order chi connectivity index (χ1) is 9.10. The van der Waals surface area contributed by atoms with Crippen molar-refractivity contribution in [3.8, 4) is 11.5 Å². The van der Waals surface area contributed by atoms with Crippen LogP contribution in [0.25, 0.3) is 0 Å². The molecule has 2 rings (SSSR count). The molecular formula is C16H18ClNO. The molecule has 0 aromatic heterocycles. The van der Waals surface area contributed by atoms with E-state index in [4.69, 9.17) is 22.1 Å². The quantitative estimate of drug-likeness (QED) is 0.905. The Bertz CT molecular complexity index is 540. The van der Waals surface area contributed by atoms with Crippen molar-refractivity contribution in [3.63, 3.8) is 0 Å². The maximum Gasteiger partial charge on any atom is 0.128 e. The maximum atomic E-state index is 6.14. The molecule has 0 atom stereocenters. The number of ether oxygens (including phenoxy) is 1. The van der Waals surface area contributed by atoms with Gasteiger partial charge < -0.3 is 10.5 Å². The molecule has 2 aromatic rings. The van der Waals surface area contributed by atoms with Crippen molar-refractivity contribution in [3.05, 3.63) is 58.1 Å². The highest BCUT2D eigenvalue weighted by molar-refractivity contribution is 6.32. The molecule has 0 saturated heterocycles. The van der Waals surface area contributed by atoms with E-state index in [9.17, 15) is 0 Å². The molecule has 2 aromatic carbocycles. The Morgan fingerprint density at radius 1 is 1.00 bits per heavy atom. The summed E-state index contributed by atoms with van der Waals surface area (Å²) in [6, 6.07) is 11.9. The molecule has 0 fully saturated rings. The summed E-state index contributed by atoms with van der Waals surface area (Å²) >= 11 is 6.14. The summed E-state index contributed by atoms with van der Waals surface area (Å²) in [6.45, 7) is 4.62. The first-order valence-corrected chi connectivity index (χ1v) is 6.71. The minimum Gasteiger partial charge on any atom is -0.457 e. The molecule has 3 heteroatoms. The zero-order valence-corrected chi connectivity index (χ0v) is 12.0. The zero-order valence-electron chi connectivity index (χ0n) is 11.2. The molecule has 0 bridgehead atoms. The van der Waals surface area contributed by atoms with Crippen LogP contribution in [0, 0.1) is 13.8 Å². The van der Waals surface area contributed by atoms with Gasteiger partial charge in [0.1, 0.15) is 11.5 Å². The fourth-order valence-electron chi connectivity index (χ4n) is 1.99. The predicted octanol–water partition coefficient (Wildman–Crippen LogP) is 4.25. The number of hydrogen-bond donors (Lipinski definition) is 1. The SMILES string of the molecule is Cc1cc(Oc2ccc(CCN)cc2)cc(C)c1Cl. The lowest BCUT2D eigenvalue weighted by Gasteiger charge is -2.10. The Balaban J connectivity index is 2.17. The molecule has 0 amide bonds. The van der Waals surface area contributed by atoms with Gasteiger partial charge in [-0.25, -0.2) is 0 Å². The summed E-state index contributed by atoms with van der Waals surface area (Å²) in [7, 11) is 0. The second-order valence-corrected chi connectivity index (χ2v) is 5.03. The zero-order chi connectivity index (χ0) is 13.8. The van der Waals surface area contributed by atoms with Crippen molar-refractivity contribution in [2.45, 2.75) is 20.3 Å². The number of rotatable bonds is 4. The molecule has 100 valence electrons. The van der Waals surface area contributed by atoms with Gasteiger partial charge in [-0.2, -0.15) is 0 Å². The topological polar surface area (TPSA) is 35.2 Å². The average Bonchev–Trinajstić information content (AvgIpc) is 2.38. The fraction of sp³-hybridized carbons (Fsp3) is 0.250. The van der Waals surface area contributed by atoms with E-state index in [2.05, 4.69) is 0 Å². The number of aryl methyl sites for hydroxylation is 2. The summed E-state index contributed by atoms with van der Waals surface area (Å²) in [5.41, 5.74) is 8.80. The van der Waals surface area contributed by atoms with Crippen LogP contribution in [-0.4, -0.2) is 6.54 Å². The monoisotopic (exact) mass is 275 g/mol. The molecule has 0 saturated carbocycles. The highest BCUT2D eigenvalue weighted by Crippen LogP contribution is 2.29. The Morgan fingerprint density at radius 3 is 2.11 bits per heavy atom. The van der Waals surface area contributed by atoms with Gasteiger partial charge in [0.05, 0.1) is 0 Å². The molecule has 0 heterocycles. The van der Waals surface area contributed by atoms with Crippen molar-refractivity contribution in [1.29, 1.82) is 0 Å². The Hall–Kier alpha value is -1.51. The Labute approximate surface area is 119 Å². The van der Waals surface area contributed by atoms with Gasteiger partial charge in [0.2, 0.25) is 0 Å². The highest BCUT2D eigenvalue weighted by atomic mass is 35.5. The van der Waals surface area contributed by atoms with Gasteiger partial charge in [0.15, 0.2) is 0 Å². The van der Waals surface area contributed by atoms with E-state index in [0.29, 0.717) is 6.54 Å². The van der Waals surface area contributed by atoms with Crippen molar-refractivity contribution >= 4 is 11.6 Å². The van der Waals surface area contributed by atoms with Crippen molar-refractivity contribution in [2.24, 2.45) is 5.73 Å². The smallest absolute Gasteiger partial charge is 0.128 e. The molecule has 0 aliphatic rings. The summed E-state index contributed by atoms with van der Waals surface area (Å²) in [5, 5.41) is 0.797. The van der Waals surface area contributed by atoms with E-state index in [1.807, 2.05) is 50.2 Å². The van der Waals surface area contributed by atoms with E-state index >= 15 is 0 Å². The molecule has 0 aliphatic heterocycles. The molecule has 2 N–H and O–H groups in total. The third-order valence-corrected chi connectivity index (χ3v) is 3.60. The number of nitrogens with two attached hydrogens (primary N) is 1.